The second-order valence-electron chi connectivity index (χ2n) is 6.82. The van der Waals surface area contributed by atoms with Gasteiger partial charge in [-0.2, -0.15) is 0 Å². The van der Waals surface area contributed by atoms with Crippen LogP contribution in [0.1, 0.15) is 29.3 Å². The third-order valence-corrected chi connectivity index (χ3v) is 6.27. The van der Waals surface area contributed by atoms with Gasteiger partial charge in [0.05, 0.1) is 12.7 Å². The molecule has 3 unspecified atom stereocenters. The number of nitrogens with zero attached hydrogens (tertiary/aromatic N) is 1. The SMILES string of the molecule is CCC1OCC2(c3ccccc3F)N=C(NC(=O)c3ccccc3)SCC12. The normalized spacial score (nSPS) is 27.0. The molecule has 1 amide bonds. The topological polar surface area (TPSA) is 50.7 Å². The second-order valence-corrected chi connectivity index (χ2v) is 7.83. The Hall–Kier alpha value is -2.18. The number of benzene rings is 2. The first kappa shape index (κ1) is 18.2. The highest BCUT2D eigenvalue weighted by Crippen LogP contribution is 2.48. The summed E-state index contributed by atoms with van der Waals surface area (Å²) in [6, 6.07) is 15.7. The summed E-state index contributed by atoms with van der Waals surface area (Å²) >= 11 is 1.50. The molecule has 2 aromatic carbocycles. The number of halogens is 1. The average Bonchev–Trinajstić information content (AvgIpc) is 3.07. The summed E-state index contributed by atoms with van der Waals surface area (Å²) in [6.45, 7) is 2.39. The molecule has 140 valence electrons. The van der Waals surface area contributed by atoms with Crippen LogP contribution >= 0.6 is 11.8 Å². The Bertz CT molecular complexity index is 873. The summed E-state index contributed by atoms with van der Waals surface area (Å²) in [5.74, 6) is 0.296. The van der Waals surface area contributed by atoms with E-state index in [1.54, 1.807) is 24.3 Å². The van der Waals surface area contributed by atoms with Crippen molar-refractivity contribution in [2.75, 3.05) is 12.4 Å². The maximum Gasteiger partial charge on any atom is 0.257 e. The number of nitrogens with one attached hydrogen (secondary N) is 1. The Labute approximate surface area is 162 Å². The Balaban J connectivity index is 1.70. The van der Waals surface area contributed by atoms with E-state index in [1.807, 2.05) is 24.3 Å². The predicted octanol–water partition coefficient (Wildman–Crippen LogP) is 3.98. The molecule has 2 aliphatic heterocycles. The van der Waals surface area contributed by atoms with Crippen LogP contribution in [0.3, 0.4) is 0 Å². The van der Waals surface area contributed by atoms with E-state index in [4.69, 9.17) is 9.73 Å². The van der Waals surface area contributed by atoms with E-state index in [2.05, 4.69) is 12.2 Å². The van der Waals surface area contributed by atoms with E-state index in [9.17, 15) is 9.18 Å². The van der Waals surface area contributed by atoms with Gasteiger partial charge in [0, 0.05) is 22.8 Å². The Morgan fingerprint density at radius 3 is 2.74 bits per heavy atom. The minimum absolute atomic E-state index is 0.0345. The second kappa shape index (κ2) is 7.44. The molecule has 0 aliphatic carbocycles. The number of amidine groups is 1. The molecule has 4 nitrogen and oxygen atoms in total. The van der Waals surface area contributed by atoms with Gasteiger partial charge in [0.1, 0.15) is 11.4 Å². The third-order valence-electron chi connectivity index (χ3n) is 5.28. The number of rotatable bonds is 3. The van der Waals surface area contributed by atoms with Crippen LogP contribution in [0.5, 0.6) is 0 Å². The van der Waals surface area contributed by atoms with E-state index in [0.717, 1.165) is 12.2 Å². The molecule has 0 spiro atoms. The van der Waals surface area contributed by atoms with E-state index in [0.29, 0.717) is 22.9 Å². The number of aliphatic imine (C=N–C) groups is 1. The Morgan fingerprint density at radius 1 is 1.26 bits per heavy atom. The first-order valence-electron chi connectivity index (χ1n) is 9.09. The van der Waals surface area contributed by atoms with Gasteiger partial charge in [0.2, 0.25) is 0 Å². The maximum atomic E-state index is 14.7. The molecule has 2 aliphatic rings. The van der Waals surface area contributed by atoms with Crippen LogP contribution in [0.2, 0.25) is 0 Å². The van der Waals surface area contributed by atoms with E-state index in [1.165, 1.54) is 17.8 Å². The van der Waals surface area contributed by atoms with Gasteiger partial charge in [-0.15, -0.1) is 0 Å². The fraction of sp³-hybridized carbons (Fsp3) is 0.333. The predicted molar refractivity (Wildman–Crippen MR) is 105 cm³/mol. The van der Waals surface area contributed by atoms with Crippen molar-refractivity contribution in [2.24, 2.45) is 10.9 Å². The summed E-state index contributed by atoms with van der Waals surface area (Å²) in [7, 11) is 0. The molecule has 4 rings (SSSR count). The molecule has 1 N–H and O–H groups in total. The van der Waals surface area contributed by atoms with Gasteiger partial charge in [-0.25, -0.2) is 9.38 Å². The first-order chi connectivity index (χ1) is 13.1. The van der Waals surface area contributed by atoms with Crippen LogP contribution in [-0.2, 0) is 10.3 Å². The molecule has 1 saturated heterocycles. The fourth-order valence-electron chi connectivity index (χ4n) is 3.88. The number of carbonyl (C=O) groups excluding carboxylic acids is 1. The minimum atomic E-state index is -0.795. The lowest BCUT2D eigenvalue weighted by Crippen LogP contribution is -2.44. The molecular formula is C21H21FN2O2S. The quantitative estimate of drug-likeness (QED) is 0.871. The number of ether oxygens (including phenoxy) is 1. The molecule has 1 fully saturated rings. The number of hydrogen-bond donors (Lipinski definition) is 1. The van der Waals surface area contributed by atoms with Crippen molar-refractivity contribution in [3.63, 3.8) is 0 Å². The van der Waals surface area contributed by atoms with Crippen molar-refractivity contribution in [1.82, 2.24) is 5.32 Å². The van der Waals surface area contributed by atoms with E-state index >= 15 is 0 Å². The molecule has 2 aromatic rings. The zero-order valence-corrected chi connectivity index (χ0v) is 15.8. The van der Waals surface area contributed by atoms with Crippen LogP contribution in [0, 0.1) is 11.7 Å². The van der Waals surface area contributed by atoms with Gasteiger partial charge in [0.25, 0.3) is 5.91 Å². The lowest BCUT2D eigenvalue weighted by molar-refractivity contribution is 0.0903. The summed E-state index contributed by atoms with van der Waals surface area (Å²) in [4.78, 5) is 17.4. The maximum absolute atomic E-state index is 14.7. The van der Waals surface area contributed by atoms with Crippen LogP contribution in [-0.4, -0.2) is 29.5 Å². The molecule has 0 bridgehead atoms. The molecule has 0 radical (unpaired) electrons. The number of fused-ring (bicyclic) bond motifs is 1. The largest absolute Gasteiger partial charge is 0.375 e. The summed E-state index contributed by atoms with van der Waals surface area (Å²) in [5, 5.41) is 3.41. The number of carbonyl (C=O) groups is 1. The molecule has 2 heterocycles. The average molecular weight is 384 g/mol. The highest BCUT2D eigenvalue weighted by atomic mass is 32.2. The standard InChI is InChI=1S/C21H21FN2O2S/c1-2-18-16-12-27-20(23-19(25)14-8-4-3-5-9-14)24-21(16,13-26-18)15-10-6-7-11-17(15)22/h3-11,16,18H,2,12-13H2,1H3,(H,23,24,25). The summed E-state index contributed by atoms with van der Waals surface area (Å²) in [6.07, 6.45) is 0.884. The highest BCUT2D eigenvalue weighted by Gasteiger charge is 2.53. The minimum Gasteiger partial charge on any atom is -0.375 e. The fourth-order valence-corrected chi connectivity index (χ4v) is 5.10. The molecule has 3 atom stereocenters. The molecule has 27 heavy (non-hydrogen) atoms. The van der Waals surface area contributed by atoms with Gasteiger partial charge in [0.15, 0.2) is 5.17 Å². The van der Waals surface area contributed by atoms with E-state index in [-0.39, 0.29) is 23.7 Å². The van der Waals surface area contributed by atoms with Crippen LogP contribution in [0.25, 0.3) is 0 Å². The number of thioether (sulfide) groups is 1. The van der Waals surface area contributed by atoms with Crippen LogP contribution < -0.4 is 5.32 Å². The van der Waals surface area contributed by atoms with Crippen molar-refractivity contribution < 1.29 is 13.9 Å². The smallest absolute Gasteiger partial charge is 0.257 e. The van der Waals surface area contributed by atoms with Crippen molar-refractivity contribution in [2.45, 2.75) is 25.0 Å². The molecule has 0 aromatic heterocycles. The number of hydrogen-bond acceptors (Lipinski definition) is 4. The van der Waals surface area contributed by atoms with Crippen LogP contribution in [0.4, 0.5) is 4.39 Å². The van der Waals surface area contributed by atoms with Crippen molar-refractivity contribution >= 4 is 22.8 Å². The van der Waals surface area contributed by atoms with Gasteiger partial charge >= 0.3 is 0 Å². The summed E-state index contributed by atoms with van der Waals surface area (Å²) in [5.41, 5.74) is 0.311. The van der Waals surface area contributed by atoms with E-state index < -0.39 is 5.54 Å². The number of amides is 1. The highest BCUT2D eigenvalue weighted by molar-refractivity contribution is 8.13. The van der Waals surface area contributed by atoms with Gasteiger partial charge in [-0.1, -0.05) is 55.1 Å². The zero-order valence-electron chi connectivity index (χ0n) is 15.0. The third kappa shape index (κ3) is 3.28. The lowest BCUT2D eigenvalue weighted by Gasteiger charge is -2.36. The van der Waals surface area contributed by atoms with Crippen molar-refractivity contribution in [1.29, 1.82) is 0 Å². The zero-order chi connectivity index (χ0) is 18.9. The molecular weight excluding hydrogens is 363 g/mol. The molecule has 6 heteroatoms. The van der Waals surface area contributed by atoms with Crippen LogP contribution in [0.15, 0.2) is 59.6 Å². The Kier molecular flexibility index (Phi) is 5.02. The van der Waals surface area contributed by atoms with Gasteiger partial charge in [-0.05, 0) is 24.6 Å². The van der Waals surface area contributed by atoms with Crippen molar-refractivity contribution in [3.05, 3.63) is 71.5 Å². The van der Waals surface area contributed by atoms with Gasteiger partial charge in [-0.3, -0.25) is 4.79 Å². The van der Waals surface area contributed by atoms with Crippen molar-refractivity contribution in [3.8, 4) is 0 Å². The lowest BCUT2D eigenvalue weighted by atomic mass is 9.78. The monoisotopic (exact) mass is 384 g/mol. The first-order valence-corrected chi connectivity index (χ1v) is 10.1. The van der Waals surface area contributed by atoms with Gasteiger partial charge < -0.3 is 10.1 Å². The Morgan fingerprint density at radius 2 is 2.00 bits per heavy atom. The summed E-state index contributed by atoms with van der Waals surface area (Å²) < 4.78 is 20.7. The molecule has 0 saturated carbocycles.